The van der Waals surface area contributed by atoms with E-state index in [9.17, 15) is 0 Å². The summed E-state index contributed by atoms with van der Waals surface area (Å²) in [5.74, 6) is 0. The second-order valence-corrected chi connectivity index (χ2v) is 4.23. The van der Waals surface area contributed by atoms with Crippen molar-refractivity contribution in [2.45, 2.75) is 32.4 Å². The molecular weight excluding hydrogens is 210 g/mol. The highest BCUT2D eigenvalue weighted by atomic mass is 35.5. The maximum Gasteiger partial charge on any atom is 0.0453 e. The normalized spacial score (nSPS) is 14.9. The molecule has 0 fully saturated rings. The molecule has 0 spiro atoms. The van der Waals surface area contributed by atoms with Crippen molar-refractivity contribution in [2.24, 2.45) is 0 Å². The van der Waals surface area contributed by atoms with Crippen LogP contribution < -0.4 is 5.32 Å². The molecule has 2 nitrogen and oxygen atoms in total. The highest BCUT2D eigenvalue weighted by Gasteiger charge is 2.11. The smallest absolute Gasteiger partial charge is 0.0453 e. The Hall–Kier alpha value is -0.570. The average molecular weight is 228 g/mol. The minimum absolute atomic E-state index is 0.209. The van der Waals surface area contributed by atoms with Crippen molar-refractivity contribution in [2.75, 3.05) is 6.61 Å². The van der Waals surface area contributed by atoms with Crippen LogP contribution in [-0.4, -0.2) is 17.8 Å². The van der Waals surface area contributed by atoms with Gasteiger partial charge < -0.3 is 10.4 Å². The molecule has 0 aliphatic heterocycles. The third-order valence-corrected chi connectivity index (χ3v) is 2.81. The molecule has 0 aliphatic rings. The first-order chi connectivity index (χ1) is 7.15. The predicted molar refractivity (Wildman–Crippen MR) is 64.2 cm³/mol. The van der Waals surface area contributed by atoms with Gasteiger partial charge in [-0.15, -0.1) is 0 Å². The summed E-state index contributed by atoms with van der Waals surface area (Å²) in [6, 6.07) is 8.32. The Balaban J connectivity index is 2.61. The van der Waals surface area contributed by atoms with Crippen LogP contribution >= 0.6 is 11.6 Å². The lowest BCUT2D eigenvalue weighted by Crippen LogP contribution is -2.29. The minimum Gasteiger partial charge on any atom is -0.396 e. The van der Waals surface area contributed by atoms with Gasteiger partial charge in [0.1, 0.15) is 0 Å². The van der Waals surface area contributed by atoms with Crippen molar-refractivity contribution in [3.63, 3.8) is 0 Å². The number of aliphatic hydroxyl groups excluding tert-OH is 1. The van der Waals surface area contributed by atoms with Crippen LogP contribution in [0, 0.1) is 0 Å². The zero-order valence-corrected chi connectivity index (χ0v) is 9.96. The average Bonchev–Trinajstić information content (AvgIpc) is 2.18. The molecule has 1 aromatic rings. The molecule has 2 N–H and O–H groups in total. The fourth-order valence-electron chi connectivity index (χ4n) is 1.62. The third kappa shape index (κ3) is 3.82. The van der Waals surface area contributed by atoms with Gasteiger partial charge in [0.25, 0.3) is 0 Å². The fourth-order valence-corrected chi connectivity index (χ4v) is 1.92. The van der Waals surface area contributed by atoms with Gasteiger partial charge in [0.15, 0.2) is 0 Å². The molecule has 2 atom stereocenters. The molecule has 0 bridgehead atoms. The van der Waals surface area contributed by atoms with Gasteiger partial charge in [0.05, 0.1) is 0 Å². The molecule has 1 rings (SSSR count). The molecule has 1 aromatic carbocycles. The van der Waals surface area contributed by atoms with E-state index in [-0.39, 0.29) is 12.6 Å². The first kappa shape index (κ1) is 12.5. The van der Waals surface area contributed by atoms with Crippen LogP contribution in [0.3, 0.4) is 0 Å². The monoisotopic (exact) mass is 227 g/mol. The minimum atomic E-state index is 0.209. The summed E-state index contributed by atoms with van der Waals surface area (Å²) in [5.41, 5.74) is 1.10. The van der Waals surface area contributed by atoms with Gasteiger partial charge in [-0.1, -0.05) is 29.8 Å². The molecule has 1 unspecified atom stereocenters. The number of hydrogen-bond donors (Lipinski definition) is 2. The van der Waals surface area contributed by atoms with Gasteiger partial charge in [-0.25, -0.2) is 0 Å². The maximum atomic E-state index is 8.81. The Bertz CT molecular complexity index is 303. The van der Waals surface area contributed by atoms with E-state index in [1.54, 1.807) is 0 Å². The number of rotatable bonds is 5. The van der Waals surface area contributed by atoms with Gasteiger partial charge in [0.2, 0.25) is 0 Å². The number of halogens is 1. The Kier molecular flexibility index (Phi) is 5.09. The Morgan fingerprint density at radius 1 is 1.33 bits per heavy atom. The van der Waals surface area contributed by atoms with Crippen molar-refractivity contribution in [1.82, 2.24) is 5.32 Å². The summed E-state index contributed by atoms with van der Waals surface area (Å²) in [7, 11) is 0. The second kappa shape index (κ2) is 6.11. The first-order valence-corrected chi connectivity index (χ1v) is 5.64. The van der Waals surface area contributed by atoms with Gasteiger partial charge in [-0.2, -0.15) is 0 Å². The summed E-state index contributed by atoms with van der Waals surface area (Å²) in [5, 5.41) is 13.0. The molecule has 15 heavy (non-hydrogen) atoms. The zero-order valence-electron chi connectivity index (χ0n) is 9.20. The maximum absolute atomic E-state index is 8.81. The topological polar surface area (TPSA) is 32.3 Å². The van der Waals surface area contributed by atoms with E-state index in [0.717, 1.165) is 17.0 Å². The van der Waals surface area contributed by atoms with E-state index in [0.29, 0.717) is 6.04 Å². The fraction of sp³-hybridized carbons (Fsp3) is 0.500. The van der Waals surface area contributed by atoms with Gasteiger partial charge >= 0.3 is 0 Å². The molecule has 0 aliphatic carbocycles. The van der Waals surface area contributed by atoms with Crippen LogP contribution in [0.25, 0.3) is 0 Å². The van der Waals surface area contributed by atoms with Crippen molar-refractivity contribution in [3.05, 3.63) is 34.9 Å². The summed E-state index contributed by atoms with van der Waals surface area (Å²) in [4.78, 5) is 0. The zero-order chi connectivity index (χ0) is 11.3. The van der Waals surface area contributed by atoms with Crippen molar-refractivity contribution < 1.29 is 5.11 Å². The Morgan fingerprint density at radius 3 is 2.60 bits per heavy atom. The number of nitrogens with one attached hydrogen (secondary N) is 1. The third-order valence-electron chi connectivity index (χ3n) is 2.47. The Morgan fingerprint density at radius 2 is 2.00 bits per heavy atom. The van der Waals surface area contributed by atoms with Crippen LogP contribution in [0.15, 0.2) is 24.3 Å². The van der Waals surface area contributed by atoms with Gasteiger partial charge in [0, 0.05) is 23.7 Å². The quantitative estimate of drug-likeness (QED) is 0.811. The number of benzene rings is 1. The lowest BCUT2D eigenvalue weighted by Gasteiger charge is -2.20. The SMILES string of the molecule is CC(N[C@H](C)CCO)c1ccccc1Cl. The lowest BCUT2D eigenvalue weighted by atomic mass is 10.1. The summed E-state index contributed by atoms with van der Waals surface area (Å²) in [6.07, 6.45) is 0.759. The lowest BCUT2D eigenvalue weighted by molar-refractivity contribution is 0.264. The summed E-state index contributed by atoms with van der Waals surface area (Å²) in [6.45, 7) is 4.35. The van der Waals surface area contributed by atoms with Crippen LogP contribution in [0.2, 0.25) is 5.02 Å². The van der Waals surface area contributed by atoms with Gasteiger partial charge in [-0.3, -0.25) is 0 Å². The van der Waals surface area contributed by atoms with Crippen LogP contribution in [0.1, 0.15) is 31.9 Å². The Labute approximate surface area is 96.3 Å². The molecule has 0 aromatic heterocycles. The number of hydrogen-bond acceptors (Lipinski definition) is 2. The summed E-state index contributed by atoms with van der Waals surface area (Å²) >= 11 is 6.09. The van der Waals surface area contributed by atoms with E-state index < -0.39 is 0 Å². The van der Waals surface area contributed by atoms with E-state index >= 15 is 0 Å². The summed E-state index contributed by atoms with van der Waals surface area (Å²) < 4.78 is 0. The van der Waals surface area contributed by atoms with Crippen LogP contribution in [0.4, 0.5) is 0 Å². The van der Waals surface area contributed by atoms with Crippen LogP contribution in [0.5, 0.6) is 0 Å². The number of aliphatic hydroxyl groups is 1. The molecule has 0 saturated carbocycles. The molecule has 0 saturated heterocycles. The largest absolute Gasteiger partial charge is 0.396 e. The molecule has 0 radical (unpaired) electrons. The molecule has 84 valence electrons. The highest BCUT2D eigenvalue weighted by Crippen LogP contribution is 2.22. The molecule has 0 amide bonds. The van der Waals surface area contributed by atoms with Crippen molar-refractivity contribution in [3.8, 4) is 0 Å². The highest BCUT2D eigenvalue weighted by molar-refractivity contribution is 6.31. The van der Waals surface area contributed by atoms with E-state index in [1.165, 1.54) is 0 Å². The van der Waals surface area contributed by atoms with Gasteiger partial charge in [-0.05, 0) is 31.9 Å². The predicted octanol–water partition coefficient (Wildman–Crippen LogP) is 2.76. The molecular formula is C12H18ClNO. The standard InChI is InChI=1S/C12H18ClNO/c1-9(7-8-15)14-10(2)11-5-3-4-6-12(11)13/h3-6,9-10,14-15H,7-8H2,1-2H3/t9-,10?/m1/s1. The molecule has 3 heteroatoms. The second-order valence-electron chi connectivity index (χ2n) is 3.82. The van der Waals surface area contributed by atoms with E-state index in [4.69, 9.17) is 16.7 Å². The van der Waals surface area contributed by atoms with Crippen molar-refractivity contribution >= 4 is 11.6 Å². The molecule has 0 heterocycles. The van der Waals surface area contributed by atoms with E-state index in [2.05, 4.69) is 19.2 Å². The van der Waals surface area contributed by atoms with E-state index in [1.807, 2.05) is 24.3 Å². The first-order valence-electron chi connectivity index (χ1n) is 5.26. The van der Waals surface area contributed by atoms with Crippen molar-refractivity contribution in [1.29, 1.82) is 0 Å². The van der Waals surface area contributed by atoms with Crippen LogP contribution in [-0.2, 0) is 0 Å².